The van der Waals surface area contributed by atoms with E-state index in [9.17, 15) is 15.4 Å². The predicted molar refractivity (Wildman–Crippen MR) is 120 cm³/mol. The van der Waals surface area contributed by atoms with Gasteiger partial charge in [-0.05, 0) is 60.9 Å². The van der Waals surface area contributed by atoms with Crippen molar-refractivity contribution < 1.29 is 14.4 Å². The highest BCUT2D eigenvalue weighted by Gasteiger charge is 2.09. The third kappa shape index (κ3) is 5.49. The lowest BCUT2D eigenvalue weighted by atomic mass is 10.0. The number of non-ortho nitro benzene ring substituents is 1. The molecule has 31 heavy (non-hydrogen) atoms. The maximum Gasteiger partial charge on any atom is 0.269 e. The van der Waals surface area contributed by atoms with Crippen LogP contribution in [0.5, 0.6) is 11.5 Å². The molecule has 6 nitrogen and oxygen atoms in total. The highest BCUT2D eigenvalue weighted by molar-refractivity contribution is 5.90. The van der Waals surface area contributed by atoms with Gasteiger partial charge in [-0.15, -0.1) is 0 Å². The van der Waals surface area contributed by atoms with Crippen molar-refractivity contribution in [2.24, 2.45) is 0 Å². The summed E-state index contributed by atoms with van der Waals surface area (Å²) >= 11 is 0. The van der Waals surface area contributed by atoms with Gasteiger partial charge in [0.2, 0.25) is 0 Å². The average Bonchev–Trinajstić information content (AvgIpc) is 2.75. The summed E-state index contributed by atoms with van der Waals surface area (Å²) in [5.74, 6) is 1.16. The zero-order valence-corrected chi connectivity index (χ0v) is 17.6. The number of rotatable bonds is 7. The molecule has 0 atom stereocenters. The number of ether oxygens (including phenoxy) is 2. The van der Waals surface area contributed by atoms with Crippen LogP contribution in [0.15, 0.2) is 60.7 Å². The molecular weight excluding hydrogens is 392 g/mol. The van der Waals surface area contributed by atoms with Crippen LogP contribution in [0.1, 0.15) is 27.8 Å². The lowest BCUT2D eigenvalue weighted by Gasteiger charge is -2.12. The monoisotopic (exact) mass is 414 g/mol. The SMILES string of the molecule is COc1cc(C=C(C#N)c2ccc([N+](=O)[O-])cc2)ccc1OCc1cc(C)cc(C)c1. The summed E-state index contributed by atoms with van der Waals surface area (Å²) in [4.78, 5) is 10.4. The van der Waals surface area contributed by atoms with Crippen LogP contribution >= 0.6 is 0 Å². The molecule has 3 aromatic rings. The Morgan fingerprint density at radius 3 is 2.29 bits per heavy atom. The van der Waals surface area contributed by atoms with Crippen LogP contribution in [0.25, 0.3) is 11.6 Å². The summed E-state index contributed by atoms with van der Waals surface area (Å²) in [7, 11) is 1.56. The van der Waals surface area contributed by atoms with E-state index >= 15 is 0 Å². The molecule has 156 valence electrons. The van der Waals surface area contributed by atoms with Crippen molar-refractivity contribution in [3.63, 3.8) is 0 Å². The van der Waals surface area contributed by atoms with Crippen LogP contribution in [0.4, 0.5) is 5.69 Å². The van der Waals surface area contributed by atoms with Crippen LogP contribution in [0.2, 0.25) is 0 Å². The van der Waals surface area contributed by atoms with Gasteiger partial charge in [-0.3, -0.25) is 10.1 Å². The molecule has 0 aliphatic heterocycles. The number of nitro benzene ring substituents is 1. The fraction of sp³-hybridized carbons (Fsp3) is 0.160. The molecule has 3 rings (SSSR count). The lowest BCUT2D eigenvalue weighted by Crippen LogP contribution is -1.99. The summed E-state index contributed by atoms with van der Waals surface area (Å²) in [5, 5.41) is 20.4. The highest BCUT2D eigenvalue weighted by atomic mass is 16.6. The Morgan fingerprint density at radius 2 is 1.71 bits per heavy atom. The molecule has 0 saturated carbocycles. The van der Waals surface area contributed by atoms with Crippen LogP contribution in [0.3, 0.4) is 0 Å². The van der Waals surface area contributed by atoms with E-state index in [0.29, 0.717) is 29.2 Å². The van der Waals surface area contributed by atoms with E-state index in [1.807, 2.05) is 6.07 Å². The fourth-order valence-electron chi connectivity index (χ4n) is 3.32. The first kappa shape index (κ1) is 21.6. The highest BCUT2D eigenvalue weighted by Crippen LogP contribution is 2.31. The first-order valence-electron chi connectivity index (χ1n) is 9.64. The Kier molecular flexibility index (Phi) is 6.68. The van der Waals surface area contributed by atoms with Gasteiger partial charge in [0.1, 0.15) is 6.61 Å². The molecule has 0 heterocycles. The van der Waals surface area contributed by atoms with Crippen molar-refractivity contribution in [1.29, 1.82) is 5.26 Å². The van der Waals surface area contributed by atoms with Gasteiger partial charge in [-0.2, -0.15) is 5.26 Å². The summed E-state index contributed by atoms with van der Waals surface area (Å²) in [6.45, 7) is 4.52. The second-order valence-electron chi connectivity index (χ2n) is 7.17. The number of hydrogen-bond acceptors (Lipinski definition) is 5. The molecule has 0 bridgehead atoms. The van der Waals surface area contributed by atoms with Gasteiger partial charge < -0.3 is 9.47 Å². The molecule has 0 fully saturated rings. The predicted octanol–water partition coefficient (Wildman–Crippen LogP) is 5.86. The molecule has 0 unspecified atom stereocenters. The first-order valence-corrected chi connectivity index (χ1v) is 9.64. The molecule has 0 amide bonds. The molecule has 0 saturated heterocycles. The topological polar surface area (TPSA) is 85.4 Å². The van der Waals surface area contributed by atoms with E-state index in [2.05, 4.69) is 38.1 Å². The molecule has 0 aliphatic rings. The minimum absolute atomic E-state index is 0.0204. The van der Waals surface area contributed by atoms with Gasteiger partial charge in [-0.1, -0.05) is 35.4 Å². The minimum atomic E-state index is -0.471. The van der Waals surface area contributed by atoms with Crippen molar-refractivity contribution in [1.82, 2.24) is 0 Å². The second kappa shape index (κ2) is 9.59. The Hall–Kier alpha value is -4.11. The Balaban J connectivity index is 1.82. The van der Waals surface area contributed by atoms with Gasteiger partial charge >= 0.3 is 0 Å². The second-order valence-corrected chi connectivity index (χ2v) is 7.17. The summed E-state index contributed by atoms with van der Waals surface area (Å²) in [5.41, 5.74) is 5.16. The van der Waals surface area contributed by atoms with Crippen molar-refractivity contribution in [2.45, 2.75) is 20.5 Å². The van der Waals surface area contributed by atoms with E-state index in [4.69, 9.17) is 9.47 Å². The zero-order valence-electron chi connectivity index (χ0n) is 17.6. The molecule has 0 aromatic heterocycles. The molecule has 0 N–H and O–H groups in total. The Bertz CT molecular complexity index is 1150. The van der Waals surface area contributed by atoms with Crippen molar-refractivity contribution in [2.75, 3.05) is 7.11 Å². The Morgan fingerprint density at radius 1 is 1.03 bits per heavy atom. The quantitative estimate of drug-likeness (QED) is 0.209. The minimum Gasteiger partial charge on any atom is -0.493 e. The third-order valence-electron chi connectivity index (χ3n) is 4.68. The van der Waals surface area contributed by atoms with Crippen LogP contribution < -0.4 is 9.47 Å². The number of aryl methyl sites for hydroxylation is 2. The number of allylic oxidation sites excluding steroid dienone is 1. The molecule has 0 radical (unpaired) electrons. The molecule has 0 aliphatic carbocycles. The van der Waals surface area contributed by atoms with E-state index in [1.54, 1.807) is 37.5 Å². The lowest BCUT2D eigenvalue weighted by molar-refractivity contribution is -0.384. The largest absolute Gasteiger partial charge is 0.493 e. The number of nitro groups is 1. The molecule has 3 aromatic carbocycles. The van der Waals surface area contributed by atoms with E-state index in [-0.39, 0.29) is 5.69 Å². The Labute approximate surface area is 181 Å². The van der Waals surface area contributed by atoms with Crippen molar-refractivity contribution >= 4 is 17.3 Å². The average molecular weight is 414 g/mol. The van der Waals surface area contributed by atoms with Gasteiger partial charge in [0.05, 0.1) is 23.7 Å². The van der Waals surface area contributed by atoms with Crippen LogP contribution in [-0.2, 0) is 6.61 Å². The van der Waals surface area contributed by atoms with Gasteiger partial charge in [-0.25, -0.2) is 0 Å². The van der Waals surface area contributed by atoms with Gasteiger partial charge in [0.15, 0.2) is 11.5 Å². The zero-order chi connectivity index (χ0) is 22.4. The van der Waals surface area contributed by atoms with Gasteiger partial charge in [0.25, 0.3) is 5.69 Å². The van der Waals surface area contributed by atoms with Crippen LogP contribution in [0, 0.1) is 35.3 Å². The number of benzene rings is 3. The number of methoxy groups -OCH3 is 1. The smallest absolute Gasteiger partial charge is 0.269 e. The molecule has 0 spiro atoms. The number of hydrogen-bond donors (Lipinski definition) is 0. The van der Waals surface area contributed by atoms with E-state index < -0.39 is 4.92 Å². The standard InChI is InChI=1S/C25H22N2O4/c1-17-10-18(2)12-20(11-17)16-31-24-9-4-19(14-25(24)30-3)13-22(15-26)21-5-7-23(8-6-21)27(28)29/h4-14H,16H2,1-3H3. The summed E-state index contributed by atoms with van der Waals surface area (Å²) in [6, 6.07) is 19.7. The summed E-state index contributed by atoms with van der Waals surface area (Å²) in [6.07, 6.45) is 1.71. The normalized spacial score (nSPS) is 11.0. The maximum atomic E-state index is 10.8. The molecular formula is C25H22N2O4. The fourth-order valence-corrected chi connectivity index (χ4v) is 3.32. The molecule has 6 heteroatoms. The summed E-state index contributed by atoms with van der Waals surface area (Å²) < 4.78 is 11.4. The first-order chi connectivity index (χ1) is 14.9. The van der Waals surface area contributed by atoms with E-state index in [0.717, 1.165) is 11.1 Å². The number of nitriles is 1. The van der Waals surface area contributed by atoms with Crippen molar-refractivity contribution in [3.8, 4) is 17.6 Å². The maximum absolute atomic E-state index is 10.8. The van der Waals surface area contributed by atoms with Gasteiger partial charge in [0, 0.05) is 12.1 Å². The number of nitrogens with zero attached hydrogens (tertiary/aromatic N) is 2. The van der Waals surface area contributed by atoms with Crippen LogP contribution in [-0.4, -0.2) is 12.0 Å². The third-order valence-corrected chi connectivity index (χ3v) is 4.68. The van der Waals surface area contributed by atoms with Crippen molar-refractivity contribution in [3.05, 3.63) is 98.6 Å². The van der Waals surface area contributed by atoms with E-state index in [1.165, 1.54) is 23.3 Å².